The summed E-state index contributed by atoms with van der Waals surface area (Å²) in [5.74, 6) is -0.494. The molecule has 1 saturated heterocycles. The quantitative estimate of drug-likeness (QED) is 0.464. The van der Waals surface area contributed by atoms with Gasteiger partial charge in [0.25, 0.3) is 5.56 Å². The Balaban J connectivity index is 2.03. The number of carbonyl (C=O) groups is 1. The summed E-state index contributed by atoms with van der Waals surface area (Å²) in [6.45, 7) is 11.9. The predicted molar refractivity (Wildman–Crippen MR) is 125 cm³/mol. The molecular formula is C24H29BN2O5. The molecule has 0 aliphatic carbocycles. The average molecular weight is 436 g/mol. The number of ether oxygens (including phenoxy) is 1. The first kappa shape index (κ1) is 22.4. The number of rotatable bonds is 4. The van der Waals surface area contributed by atoms with E-state index in [0.29, 0.717) is 22.1 Å². The number of pyridine rings is 1. The molecule has 3 aromatic rings. The molecule has 0 radical (unpaired) electrons. The zero-order valence-corrected chi connectivity index (χ0v) is 19.7. The van der Waals surface area contributed by atoms with Crippen LogP contribution in [0.5, 0.6) is 0 Å². The van der Waals surface area contributed by atoms with E-state index >= 15 is 0 Å². The van der Waals surface area contributed by atoms with E-state index in [0.717, 1.165) is 5.56 Å². The van der Waals surface area contributed by atoms with E-state index in [1.54, 1.807) is 30.8 Å². The topological polar surface area (TPSA) is 71.7 Å². The number of fused-ring (bicyclic) bond motifs is 1. The molecule has 0 atom stereocenters. The minimum atomic E-state index is -0.682. The standard InChI is InChI=1S/C24H29BN2O5/c1-8-30-22(29)19-13-17-18(25-31-23(3,4)24(5,6)32-25)14-26(7)21(28)20(17)27(19)16-11-9-15(2)10-12-16/h9-14H,8H2,1-7H3. The summed E-state index contributed by atoms with van der Waals surface area (Å²) >= 11 is 0. The Bertz CT molecular complexity index is 1240. The van der Waals surface area contributed by atoms with Gasteiger partial charge in [-0.15, -0.1) is 0 Å². The lowest BCUT2D eigenvalue weighted by Gasteiger charge is -2.32. The van der Waals surface area contributed by atoms with Crippen molar-refractivity contribution in [3.05, 3.63) is 58.1 Å². The summed E-state index contributed by atoms with van der Waals surface area (Å²) in [4.78, 5) is 26.2. The van der Waals surface area contributed by atoms with Crippen LogP contribution in [0.3, 0.4) is 0 Å². The van der Waals surface area contributed by atoms with Gasteiger partial charge in [-0.25, -0.2) is 4.79 Å². The van der Waals surface area contributed by atoms with Crippen LogP contribution in [-0.2, 0) is 21.1 Å². The molecule has 1 aliphatic heterocycles. The summed E-state index contributed by atoms with van der Waals surface area (Å²) in [5, 5.41) is 0.607. The number of nitrogens with zero attached hydrogens (tertiary/aromatic N) is 2. The fourth-order valence-corrected chi connectivity index (χ4v) is 3.92. The molecule has 0 saturated carbocycles. The molecule has 1 aliphatic rings. The second kappa shape index (κ2) is 7.64. The number of hydrogen-bond acceptors (Lipinski definition) is 5. The summed E-state index contributed by atoms with van der Waals surface area (Å²) in [6.07, 6.45) is 1.72. The van der Waals surface area contributed by atoms with Crippen LogP contribution in [0.15, 0.2) is 41.3 Å². The molecule has 7 nitrogen and oxygen atoms in total. The molecule has 8 heteroatoms. The first-order valence-corrected chi connectivity index (χ1v) is 10.8. The summed E-state index contributed by atoms with van der Waals surface area (Å²) < 4.78 is 21.0. The fraction of sp³-hybridized carbons (Fsp3) is 0.417. The monoisotopic (exact) mass is 436 g/mol. The van der Waals surface area contributed by atoms with E-state index in [-0.39, 0.29) is 17.9 Å². The van der Waals surface area contributed by atoms with Crippen molar-refractivity contribution >= 4 is 29.5 Å². The van der Waals surface area contributed by atoms with E-state index in [1.807, 2.05) is 58.9 Å². The average Bonchev–Trinajstić information content (AvgIpc) is 3.20. The Morgan fingerprint density at radius 2 is 1.69 bits per heavy atom. The van der Waals surface area contributed by atoms with Gasteiger partial charge in [0.15, 0.2) is 0 Å². The molecule has 2 aromatic heterocycles. The van der Waals surface area contributed by atoms with Crippen LogP contribution in [0.25, 0.3) is 16.6 Å². The highest BCUT2D eigenvalue weighted by atomic mass is 16.7. The van der Waals surface area contributed by atoms with Crippen molar-refractivity contribution in [1.29, 1.82) is 0 Å². The third kappa shape index (κ3) is 3.47. The highest BCUT2D eigenvalue weighted by Crippen LogP contribution is 2.37. The molecule has 1 aromatic carbocycles. The second-order valence-corrected chi connectivity index (χ2v) is 9.27. The van der Waals surface area contributed by atoms with Gasteiger partial charge in [0, 0.05) is 29.8 Å². The van der Waals surface area contributed by atoms with Gasteiger partial charge in [-0.05, 0) is 59.7 Å². The Morgan fingerprint density at radius 3 is 2.25 bits per heavy atom. The van der Waals surface area contributed by atoms with Gasteiger partial charge in [-0.1, -0.05) is 17.7 Å². The predicted octanol–water partition coefficient (Wildman–Crippen LogP) is 3.11. The third-order valence-corrected chi connectivity index (χ3v) is 6.45. The lowest BCUT2D eigenvalue weighted by Crippen LogP contribution is -2.41. The second-order valence-electron chi connectivity index (χ2n) is 9.27. The van der Waals surface area contributed by atoms with Gasteiger partial charge in [-0.3, -0.25) is 9.36 Å². The number of carbonyl (C=O) groups excluding carboxylic acids is 1. The smallest absolute Gasteiger partial charge is 0.461 e. The number of aryl methyl sites for hydroxylation is 2. The zero-order valence-electron chi connectivity index (χ0n) is 19.7. The van der Waals surface area contributed by atoms with Crippen molar-refractivity contribution < 1.29 is 18.8 Å². The van der Waals surface area contributed by atoms with Crippen LogP contribution in [0.1, 0.15) is 50.7 Å². The maximum absolute atomic E-state index is 13.3. The molecule has 0 unspecified atom stereocenters. The molecular weight excluding hydrogens is 407 g/mol. The molecule has 1 fully saturated rings. The number of esters is 1. The zero-order chi connectivity index (χ0) is 23.4. The number of aromatic nitrogens is 2. The molecule has 0 amide bonds. The van der Waals surface area contributed by atoms with Crippen LogP contribution in [-0.4, -0.2) is 40.0 Å². The summed E-state index contributed by atoms with van der Waals surface area (Å²) in [5.41, 5.74) is 1.84. The lowest BCUT2D eigenvalue weighted by molar-refractivity contribution is 0.00578. The van der Waals surface area contributed by atoms with Gasteiger partial charge >= 0.3 is 13.1 Å². The van der Waals surface area contributed by atoms with E-state index in [2.05, 4.69) is 0 Å². The van der Waals surface area contributed by atoms with Crippen LogP contribution in [0.2, 0.25) is 0 Å². The van der Waals surface area contributed by atoms with Crippen molar-refractivity contribution in [1.82, 2.24) is 9.13 Å². The Kier molecular flexibility index (Phi) is 5.34. The lowest BCUT2D eigenvalue weighted by atomic mass is 9.78. The molecule has 0 bridgehead atoms. The van der Waals surface area contributed by atoms with Gasteiger partial charge in [-0.2, -0.15) is 0 Å². The minimum Gasteiger partial charge on any atom is -0.461 e. The Labute approximate surface area is 188 Å². The minimum absolute atomic E-state index is 0.226. The van der Waals surface area contributed by atoms with E-state index in [1.165, 1.54) is 4.57 Å². The van der Waals surface area contributed by atoms with Crippen LogP contribution in [0, 0.1) is 6.92 Å². The van der Waals surface area contributed by atoms with Crippen LogP contribution < -0.4 is 11.0 Å². The van der Waals surface area contributed by atoms with Gasteiger partial charge in [0.2, 0.25) is 0 Å². The molecule has 0 N–H and O–H groups in total. The van der Waals surface area contributed by atoms with Crippen molar-refractivity contribution in [3.63, 3.8) is 0 Å². The Hall–Kier alpha value is -2.84. The third-order valence-electron chi connectivity index (χ3n) is 6.45. The molecule has 168 valence electrons. The van der Waals surface area contributed by atoms with Gasteiger partial charge < -0.3 is 18.6 Å². The van der Waals surface area contributed by atoms with Crippen molar-refractivity contribution in [2.24, 2.45) is 7.05 Å². The van der Waals surface area contributed by atoms with Crippen LogP contribution >= 0.6 is 0 Å². The summed E-state index contributed by atoms with van der Waals surface area (Å²) in [7, 11) is 1.01. The van der Waals surface area contributed by atoms with Crippen LogP contribution in [0.4, 0.5) is 0 Å². The molecule has 32 heavy (non-hydrogen) atoms. The largest absolute Gasteiger partial charge is 0.497 e. The van der Waals surface area contributed by atoms with E-state index < -0.39 is 24.3 Å². The van der Waals surface area contributed by atoms with Crippen molar-refractivity contribution in [3.8, 4) is 5.69 Å². The molecule has 0 spiro atoms. The van der Waals surface area contributed by atoms with E-state index in [4.69, 9.17) is 14.0 Å². The maximum atomic E-state index is 13.3. The summed E-state index contributed by atoms with van der Waals surface area (Å²) in [6, 6.07) is 9.36. The number of benzene rings is 1. The Morgan fingerprint density at radius 1 is 1.09 bits per heavy atom. The maximum Gasteiger partial charge on any atom is 0.497 e. The van der Waals surface area contributed by atoms with Crippen molar-refractivity contribution in [2.45, 2.75) is 52.7 Å². The van der Waals surface area contributed by atoms with E-state index in [9.17, 15) is 9.59 Å². The SMILES string of the molecule is CCOC(=O)c1cc2c(B3OC(C)(C)C(C)(C)O3)cn(C)c(=O)c2n1-c1ccc(C)cc1. The normalized spacial score (nSPS) is 17.2. The van der Waals surface area contributed by atoms with Gasteiger partial charge in [0.1, 0.15) is 11.2 Å². The number of hydrogen-bond donors (Lipinski definition) is 0. The highest BCUT2D eigenvalue weighted by Gasteiger charge is 2.52. The van der Waals surface area contributed by atoms with Gasteiger partial charge in [0.05, 0.1) is 17.8 Å². The fourth-order valence-electron chi connectivity index (χ4n) is 3.92. The van der Waals surface area contributed by atoms with Crippen molar-refractivity contribution in [2.75, 3.05) is 6.61 Å². The molecule has 4 rings (SSSR count). The highest BCUT2D eigenvalue weighted by molar-refractivity contribution is 6.65. The molecule has 3 heterocycles. The first-order valence-electron chi connectivity index (χ1n) is 10.8. The first-order chi connectivity index (χ1) is 15.0.